The zero-order chi connectivity index (χ0) is 19.2. The first-order chi connectivity index (χ1) is 12.8. The first-order valence-corrected chi connectivity index (χ1v) is 11.4. The van der Waals surface area contributed by atoms with E-state index in [9.17, 15) is 13.2 Å². The minimum absolute atomic E-state index is 0.0195. The molecule has 1 aromatic rings. The topological polar surface area (TPSA) is 83.1 Å². The Balaban J connectivity index is 1.34. The summed E-state index contributed by atoms with van der Waals surface area (Å²) in [5, 5.41) is 5.19. The Kier molecular flexibility index (Phi) is 4.81. The molecular weight excluding hydrogens is 362 g/mol. The second kappa shape index (κ2) is 6.87. The summed E-state index contributed by atoms with van der Waals surface area (Å²) in [6.45, 7) is 0.434. The van der Waals surface area contributed by atoms with Gasteiger partial charge in [-0.25, -0.2) is 12.7 Å². The Morgan fingerprint density at radius 1 is 1.07 bits per heavy atom. The maximum absolute atomic E-state index is 12.4. The molecular formula is C20H30N3O3S+. The number of hydrogen-bond donors (Lipinski definition) is 2. The van der Waals surface area contributed by atoms with Crippen molar-refractivity contribution in [2.24, 2.45) is 17.8 Å². The Morgan fingerprint density at radius 2 is 1.59 bits per heavy atom. The number of benzene rings is 1. The molecule has 3 N–H and O–H groups in total. The van der Waals surface area contributed by atoms with Crippen LogP contribution in [0, 0.1) is 17.8 Å². The van der Waals surface area contributed by atoms with Crippen LogP contribution in [0.2, 0.25) is 0 Å². The Morgan fingerprint density at radius 3 is 2.07 bits per heavy atom. The van der Waals surface area contributed by atoms with Gasteiger partial charge in [-0.3, -0.25) is 4.79 Å². The Hall–Kier alpha value is -1.44. The summed E-state index contributed by atoms with van der Waals surface area (Å²) in [6, 6.07) is 6.37. The summed E-state index contributed by atoms with van der Waals surface area (Å²) >= 11 is 0. The fraction of sp³-hybridized carbons (Fsp3) is 0.650. The van der Waals surface area contributed by atoms with Gasteiger partial charge < -0.3 is 10.6 Å². The van der Waals surface area contributed by atoms with Crippen LogP contribution in [0.1, 0.15) is 38.5 Å². The molecule has 4 bridgehead atoms. The molecule has 1 amide bonds. The minimum Gasteiger partial charge on any atom is -0.334 e. The number of nitrogens with two attached hydrogens (primary N) is 1. The van der Waals surface area contributed by atoms with Gasteiger partial charge in [0, 0.05) is 39.0 Å². The molecule has 148 valence electrons. The molecule has 0 heterocycles. The lowest BCUT2D eigenvalue weighted by molar-refractivity contribution is -0.729. The molecule has 5 rings (SSSR count). The van der Waals surface area contributed by atoms with Crippen molar-refractivity contribution < 1.29 is 18.5 Å². The van der Waals surface area contributed by atoms with E-state index in [0.29, 0.717) is 12.2 Å². The molecule has 4 fully saturated rings. The average Bonchev–Trinajstić information content (AvgIpc) is 2.59. The van der Waals surface area contributed by atoms with E-state index in [2.05, 4.69) is 10.6 Å². The van der Waals surface area contributed by atoms with Crippen LogP contribution in [-0.4, -0.2) is 44.8 Å². The highest BCUT2D eigenvalue weighted by atomic mass is 32.2. The quantitative estimate of drug-likeness (QED) is 0.768. The van der Waals surface area contributed by atoms with Crippen molar-refractivity contribution in [3.8, 4) is 0 Å². The first kappa shape index (κ1) is 18.9. The molecule has 6 nitrogen and oxygen atoms in total. The predicted octanol–water partition coefficient (Wildman–Crippen LogP) is 1.41. The smallest absolute Gasteiger partial charge is 0.279 e. The van der Waals surface area contributed by atoms with E-state index < -0.39 is 10.0 Å². The Labute approximate surface area is 161 Å². The lowest BCUT2D eigenvalue weighted by atomic mass is 9.53. The average molecular weight is 393 g/mol. The van der Waals surface area contributed by atoms with Gasteiger partial charge in [0.1, 0.15) is 0 Å². The Bertz CT molecular complexity index is 782. The molecule has 0 atom stereocenters. The third-order valence-electron chi connectivity index (χ3n) is 6.72. The van der Waals surface area contributed by atoms with Gasteiger partial charge in [0.25, 0.3) is 5.91 Å². The van der Waals surface area contributed by atoms with Crippen LogP contribution in [0.25, 0.3) is 0 Å². The van der Waals surface area contributed by atoms with E-state index in [-0.39, 0.29) is 16.3 Å². The zero-order valence-electron chi connectivity index (χ0n) is 16.1. The summed E-state index contributed by atoms with van der Waals surface area (Å²) in [7, 11) is -0.433. The van der Waals surface area contributed by atoms with Crippen molar-refractivity contribution in [1.82, 2.24) is 4.31 Å². The predicted molar refractivity (Wildman–Crippen MR) is 104 cm³/mol. The summed E-state index contributed by atoms with van der Waals surface area (Å²) in [6.07, 6.45) is 8.01. The highest BCUT2D eigenvalue weighted by molar-refractivity contribution is 7.89. The first-order valence-electron chi connectivity index (χ1n) is 9.93. The zero-order valence-corrected chi connectivity index (χ0v) is 17.0. The minimum atomic E-state index is -3.44. The molecule has 0 radical (unpaired) electrons. The number of carbonyl (C=O) groups excluding carboxylic acids is 1. The van der Waals surface area contributed by atoms with E-state index in [0.717, 1.165) is 17.8 Å². The van der Waals surface area contributed by atoms with Gasteiger partial charge in [-0.15, -0.1) is 0 Å². The largest absolute Gasteiger partial charge is 0.334 e. The molecule has 4 saturated carbocycles. The van der Waals surface area contributed by atoms with Gasteiger partial charge in [-0.2, -0.15) is 0 Å². The third kappa shape index (κ3) is 3.77. The van der Waals surface area contributed by atoms with E-state index in [4.69, 9.17) is 0 Å². The van der Waals surface area contributed by atoms with Gasteiger partial charge in [-0.05, 0) is 61.3 Å². The maximum Gasteiger partial charge on any atom is 0.279 e. The SMILES string of the molecule is CN(C)S(=O)(=O)c1ccc(NC(=O)C[NH2+]C23CC4CC(CC(C4)C2)C3)cc1. The van der Waals surface area contributed by atoms with E-state index in [1.807, 2.05) is 0 Å². The number of rotatable bonds is 6. The monoisotopic (exact) mass is 392 g/mol. The van der Waals surface area contributed by atoms with Crippen LogP contribution < -0.4 is 10.6 Å². The highest BCUT2D eigenvalue weighted by Crippen LogP contribution is 2.54. The number of sulfonamides is 1. The summed E-state index contributed by atoms with van der Waals surface area (Å²) in [5.74, 6) is 2.61. The van der Waals surface area contributed by atoms with Crippen LogP contribution in [0.5, 0.6) is 0 Å². The van der Waals surface area contributed by atoms with E-state index in [1.165, 1.54) is 69.1 Å². The number of amides is 1. The number of quaternary nitrogens is 1. The van der Waals surface area contributed by atoms with Gasteiger partial charge >= 0.3 is 0 Å². The number of carbonyl (C=O) groups is 1. The molecule has 1 aromatic carbocycles. The lowest BCUT2D eigenvalue weighted by Gasteiger charge is -2.54. The van der Waals surface area contributed by atoms with Gasteiger partial charge in [0.05, 0.1) is 10.4 Å². The molecule has 0 unspecified atom stereocenters. The van der Waals surface area contributed by atoms with Crippen molar-refractivity contribution in [2.75, 3.05) is 26.0 Å². The fourth-order valence-corrected chi connectivity index (χ4v) is 6.77. The molecule has 0 spiro atoms. The molecule has 27 heavy (non-hydrogen) atoms. The third-order valence-corrected chi connectivity index (χ3v) is 8.55. The normalized spacial score (nSPS) is 32.0. The van der Waals surface area contributed by atoms with Crippen molar-refractivity contribution in [3.05, 3.63) is 24.3 Å². The van der Waals surface area contributed by atoms with Gasteiger partial charge in [-0.1, -0.05) is 0 Å². The molecule has 0 aliphatic heterocycles. The van der Waals surface area contributed by atoms with Crippen molar-refractivity contribution in [2.45, 2.75) is 49.0 Å². The maximum atomic E-state index is 12.4. The number of anilines is 1. The van der Waals surface area contributed by atoms with Crippen LogP contribution >= 0.6 is 0 Å². The standard InChI is InChI=1S/C20H29N3O3S/c1-23(2)27(25,26)18-5-3-17(4-6-18)22-19(24)13-21-20-10-14-7-15(11-20)9-16(8-14)12-20/h3-6,14-16,21H,7-13H2,1-2H3,(H,22,24)/p+1. The van der Waals surface area contributed by atoms with Crippen LogP contribution in [0.3, 0.4) is 0 Å². The van der Waals surface area contributed by atoms with E-state index >= 15 is 0 Å². The molecule has 0 saturated heterocycles. The summed E-state index contributed by atoms with van der Waals surface area (Å²) in [5.41, 5.74) is 0.923. The van der Waals surface area contributed by atoms with Crippen LogP contribution in [-0.2, 0) is 14.8 Å². The molecule has 0 aromatic heterocycles. The van der Waals surface area contributed by atoms with E-state index in [1.54, 1.807) is 12.1 Å². The van der Waals surface area contributed by atoms with Gasteiger partial charge in [0.15, 0.2) is 6.54 Å². The van der Waals surface area contributed by atoms with Crippen molar-refractivity contribution in [3.63, 3.8) is 0 Å². The van der Waals surface area contributed by atoms with Crippen molar-refractivity contribution in [1.29, 1.82) is 0 Å². The fourth-order valence-electron chi connectivity index (χ4n) is 5.87. The highest BCUT2D eigenvalue weighted by Gasteiger charge is 2.53. The lowest BCUT2D eigenvalue weighted by Crippen LogP contribution is -3.00. The summed E-state index contributed by atoms with van der Waals surface area (Å²) in [4.78, 5) is 12.7. The molecule has 4 aliphatic rings. The molecule has 4 aliphatic carbocycles. The van der Waals surface area contributed by atoms with Crippen LogP contribution in [0.15, 0.2) is 29.2 Å². The second-order valence-electron chi connectivity index (χ2n) is 9.05. The number of nitrogens with zero attached hydrogens (tertiary/aromatic N) is 1. The number of nitrogens with one attached hydrogen (secondary N) is 1. The van der Waals surface area contributed by atoms with Crippen molar-refractivity contribution >= 4 is 21.6 Å². The molecule has 7 heteroatoms. The summed E-state index contributed by atoms with van der Waals surface area (Å²) < 4.78 is 25.4. The van der Waals surface area contributed by atoms with Gasteiger partial charge in [0.2, 0.25) is 10.0 Å². The second-order valence-corrected chi connectivity index (χ2v) is 11.2. The number of hydrogen-bond acceptors (Lipinski definition) is 3. The van der Waals surface area contributed by atoms with Crippen LogP contribution in [0.4, 0.5) is 5.69 Å².